The van der Waals surface area contributed by atoms with Crippen LogP contribution in [0.25, 0.3) is 10.9 Å². The third-order valence-corrected chi connectivity index (χ3v) is 6.09. The van der Waals surface area contributed by atoms with Gasteiger partial charge >= 0.3 is 0 Å². The first kappa shape index (κ1) is 18.6. The summed E-state index contributed by atoms with van der Waals surface area (Å²) in [6.07, 6.45) is 1.96. The second-order valence-corrected chi connectivity index (χ2v) is 8.86. The van der Waals surface area contributed by atoms with Crippen molar-refractivity contribution in [3.05, 3.63) is 59.8 Å². The highest BCUT2D eigenvalue weighted by Gasteiger charge is 2.16. The van der Waals surface area contributed by atoms with Gasteiger partial charge in [0.05, 0.1) is 10.4 Å². The molecule has 6 heteroatoms. The molecule has 0 aliphatic heterocycles. The van der Waals surface area contributed by atoms with Crippen molar-refractivity contribution < 1.29 is 8.42 Å². The summed E-state index contributed by atoms with van der Waals surface area (Å²) >= 11 is 0. The second kappa shape index (κ2) is 7.21. The van der Waals surface area contributed by atoms with Gasteiger partial charge in [0.1, 0.15) is 0 Å². The van der Waals surface area contributed by atoms with Crippen molar-refractivity contribution in [2.45, 2.75) is 37.5 Å². The van der Waals surface area contributed by atoms with E-state index in [0.29, 0.717) is 17.4 Å². The zero-order chi connectivity index (χ0) is 18.9. The third kappa shape index (κ3) is 3.97. The second-order valence-electron chi connectivity index (χ2n) is 7.10. The zero-order valence-corrected chi connectivity index (χ0v) is 16.4. The molecule has 3 aromatic rings. The molecular weight excluding hydrogens is 346 g/mol. The Morgan fingerprint density at radius 2 is 1.69 bits per heavy atom. The van der Waals surface area contributed by atoms with Gasteiger partial charge in [-0.25, -0.2) is 13.1 Å². The number of fused-ring (bicyclic) bond motifs is 1. The van der Waals surface area contributed by atoms with Gasteiger partial charge in [-0.05, 0) is 47.2 Å². The molecule has 0 aliphatic carbocycles. The molecule has 0 aliphatic rings. The lowest BCUT2D eigenvalue weighted by atomic mass is 10.0. The predicted molar refractivity (Wildman–Crippen MR) is 105 cm³/mol. The van der Waals surface area contributed by atoms with E-state index in [-0.39, 0.29) is 5.92 Å². The molecule has 1 unspecified atom stereocenters. The summed E-state index contributed by atoms with van der Waals surface area (Å²) < 4.78 is 29.6. The van der Waals surface area contributed by atoms with Gasteiger partial charge in [0.15, 0.2) is 0 Å². The van der Waals surface area contributed by atoms with Gasteiger partial charge in [-0.2, -0.15) is 5.10 Å². The fourth-order valence-corrected chi connectivity index (χ4v) is 4.07. The van der Waals surface area contributed by atoms with E-state index in [9.17, 15) is 8.42 Å². The number of sulfonamides is 1. The lowest BCUT2D eigenvalue weighted by Crippen LogP contribution is -2.27. The van der Waals surface area contributed by atoms with Crippen LogP contribution in [0.3, 0.4) is 0 Å². The molecule has 138 valence electrons. The Morgan fingerprint density at radius 3 is 2.35 bits per heavy atom. The molecule has 1 atom stereocenters. The molecule has 1 N–H and O–H groups in total. The van der Waals surface area contributed by atoms with Gasteiger partial charge in [-0.15, -0.1) is 0 Å². The topological polar surface area (TPSA) is 64.0 Å². The van der Waals surface area contributed by atoms with E-state index in [2.05, 4.69) is 29.7 Å². The monoisotopic (exact) mass is 371 g/mol. The van der Waals surface area contributed by atoms with E-state index in [4.69, 9.17) is 0 Å². The Morgan fingerprint density at radius 1 is 1.04 bits per heavy atom. The minimum Gasteiger partial charge on any atom is -0.275 e. The average molecular weight is 372 g/mol. The van der Waals surface area contributed by atoms with Crippen molar-refractivity contribution in [1.29, 1.82) is 0 Å². The number of rotatable bonds is 6. The molecule has 0 spiro atoms. The Hall–Kier alpha value is -2.18. The van der Waals surface area contributed by atoms with Gasteiger partial charge in [0.2, 0.25) is 10.0 Å². The summed E-state index contributed by atoms with van der Waals surface area (Å²) in [7, 11) is -1.62. The molecule has 2 aromatic carbocycles. The maximum absolute atomic E-state index is 12.5. The Balaban J connectivity index is 1.71. The van der Waals surface area contributed by atoms with E-state index in [1.54, 1.807) is 16.8 Å². The molecule has 0 amide bonds. The molecule has 1 aromatic heterocycles. The minimum absolute atomic E-state index is 0.0596. The number of hydrogen-bond donors (Lipinski definition) is 1. The molecule has 0 radical (unpaired) electrons. The van der Waals surface area contributed by atoms with Crippen molar-refractivity contribution >= 4 is 20.9 Å². The molecule has 1 heterocycles. The van der Waals surface area contributed by atoms with Crippen LogP contribution in [-0.2, 0) is 17.1 Å². The van der Waals surface area contributed by atoms with Crippen LogP contribution in [0.2, 0.25) is 0 Å². The fourth-order valence-electron chi connectivity index (χ4n) is 2.94. The van der Waals surface area contributed by atoms with Crippen LogP contribution in [0.4, 0.5) is 0 Å². The first-order chi connectivity index (χ1) is 12.3. The van der Waals surface area contributed by atoms with Crippen LogP contribution in [0.1, 0.15) is 43.7 Å². The Bertz CT molecular complexity index is 1010. The first-order valence-corrected chi connectivity index (χ1v) is 10.3. The summed E-state index contributed by atoms with van der Waals surface area (Å²) in [5.41, 5.74) is 3.15. The molecule has 0 fully saturated rings. The SMILES string of the molecule is CC(C)c1ccc(S(=O)(=O)NCC(C)c2ccc3nn(C)cc3c2)cc1. The summed E-state index contributed by atoms with van der Waals surface area (Å²) in [5.74, 6) is 0.437. The lowest BCUT2D eigenvalue weighted by Gasteiger charge is -2.14. The highest BCUT2D eigenvalue weighted by Crippen LogP contribution is 2.22. The maximum atomic E-state index is 12.5. The van der Waals surface area contributed by atoms with Crippen LogP contribution in [-0.4, -0.2) is 24.7 Å². The lowest BCUT2D eigenvalue weighted by molar-refractivity contribution is 0.575. The predicted octanol–water partition coefficient (Wildman–Crippen LogP) is 3.78. The number of aryl methyl sites for hydroxylation is 1. The van der Waals surface area contributed by atoms with E-state index >= 15 is 0 Å². The van der Waals surface area contributed by atoms with Crippen LogP contribution in [0, 0.1) is 0 Å². The number of nitrogens with zero attached hydrogens (tertiary/aromatic N) is 2. The van der Waals surface area contributed by atoms with Crippen LogP contribution in [0.5, 0.6) is 0 Å². The van der Waals surface area contributed by atoms with Crippen LogP contribution >= 0.6 is 0 Å². The third-order valence-electron chi connectivity index (χ3n) is 4.65. The molecule has 5 nitrogen and oxygen atoms in total. The van der Waals surface area contributed by atoms with E-state index in [1.165, 1.54) is 0 Å². The standard InChI is InChI=1S/C20H25N3O2S/c1-14(2)16-5-8-19(9-6-16)26(24,25)21-12-15(3)17-7-10-20-18(11-17)13-23(4)22-20/h5-11,13-15,21H,12H2,1-4H3. The molecule has 0 bridgehead atoms. The number of hydrogen-bond acceptors (Lipinski definition) is 3. The number of aromatic nitrogens is 2. The largest absolute Gasteiger partial charge is 0.275 e. The van der Waals surface area contributed by atoms with Crippen molar-refractivity contribution in [1.82, 2.24) is 14.5 Å². The quantitative estimate of drug-likeness (QED) is 0.717. The summed E-state index contributed by atoms with van der Waals surface area (Å²) in [6, 6.07) is 13.1. The van der Waals surface area contributed by atoms with E-state index < -0.39 is 10.0 Å². The number of nitrogens with one attached hydrogen (secondary N) is 1. The average Bonchev–Trinajstić information content (AvgIpc) is 2.99. The minimum atomic E-state index is -3.51. The highest BCUT2D eigenvalue weighted by molar-refractivity contribution is 7.89. The van der Waals surface area contributed by atoms with Crippen molar-refractivity contribution in [3.8, 4) is 0 Å². The van der Waals surface area contributed by atoms with Gasteiger partial charge in [-0.1, -0.05) is 39.0 Å². The molecule has 0 saturated carbocycles. The van der Waals surface area contributed by atoms with Crippen molar-refractivity contribution in [2.75, 3.05) is 6.54 Å². The smallest absolute Gasteiger partial charge is 0.240 e. The molecule has 3 rings (SSSR count). The van der Waals surface area contributed by atoms with E-state index in [1.807, 2.05) is 44.4 Å². The normalized spacial score (nSPS) is 13.4. The summed E-state index contributed by atoms with van der Waals surface area (Å²) in [6.45, 7) is 6.53. The molecule has 26 heavy (non-hydrogen) atoms. The van der Waals surface area contributed by atoms with E-state index in [0.717, 1.165) is 22.0 Å². The number of benzene rings is 2. The van der Waals surface area contributed by atoms with Gasteiger partial charge in [-0.3, -0.25) is 4.68 Å². The fraction of sp³-hybridized carbons (Fsp3) is 0.350. The molecular formula is C20H25N3O2S. The maximum Gasteiger partial charge on any atom is 0.240 e. The molecule has 0 saturated heterocycles. The van der Waals surface area contributed by atoms with Crippen LogP contribution in [0.15, 0.2) is 53.6 Å². The highest BCUT2D eigenvalue weighted by atomic mass is 32.2. The zero-order valence-electron chi connectivity index (χ0n) is 15.6. The van der Waals surface area contributed by atoms with Crippen molar-refractivity contribution in [2.24, 2.45) is 7.05 Å². The van der Waals surface area contributed by atoms with Crippen LogP contribution < -0.4 is 4.72 Å². The first-order valence-electron chi connectivity index (χ1n) is 8.79. The summed E-state index contributed by atoms with van der Waals surface area (Å²) in [5, 5.41) is 5.42. The van der Waals surface area contributed by atoms with Gasteiger partial charge < -0.3 is 0 Å². The van der Waals surface area contributed by atoms with Crippen molar-refractivity contribution in [3.63, 3.8) is 0 Å². The Labute approximate surface area is 155 Å². The Kier molecular flexibility index (Phi) is 5.16. The van der Waals surface area contributed by atoms with Gasteiger partial charge in [0.25, 0.3) is 0 Å². The van der Waals surface area contributed by atoms with Gasteiger partial charge in [0, 0.05) is 25.2 Å². The summed E-state index contributed by atoms with van der Waals surface area (Å²) in [4.78, 5) is 0.303.